The van der Waals surface area contributed by atoms with Crippen molar-refractivity contribution in [3.8, 4) is 17.1 Å². The molecule has 1 aromatic carbocycles. The average Bonchev–Trinajstić information content (AvgIpc) is 2.54. The highest BCUT2D eigenvalue weighted by Gasteiger charge is 2.23. The molecule has 0 atom stereocenters. The molecule has 6 nitrogen and oxygen atoms in total. The Morgan fingerprint density at radius 1 is 1.41 bits per heavy atom. The fraction of sp³-hybridized carbons (Fsp3) is 0.312. The maximum Gasteiger partial charge on any atom is 0.345 e. The summed E-state index contributed by atoms with van der Waals surface area (Å²) in [5.41, 5.74) is 1.57. The van der Waals surface area contributed by atoms with Crippen molar-refractivity contribution in [1.29, 1.82) is 0 Å². The van der Waals surface area contributed by atoms with Gasteiger partial charge in [0, 0.05) is 18.3 Å². The van der Waals surface area contributed by atoms with Gasteiger partial charge in [0.2, 0.25) is 0 Å². The second kappa shape index (κ2) is 5.63. The lowest BCUT2D eigenvalue weighted by molar-refractivity contribution is 0.0523. The monoisotopic (exact) mass is 300 g/mol. The lowest BCUT2D eigenvalue weighted by Crippen LogP contribution is -2.32. The van der Waals surface area contributed by atoms with Crippen LogP contribution in [0.1, 0.15) is 22.8 Å². The van der Waals surface area contributed by atoms with Crippen molar-refractivity contribution in [2.75, 3.05) is 13.7 Å². The van der Waals surface area contributed by atoms with Crippen molar-refractivity contribution < 1.29 is 14.3 Å². The summed E-state index contributed by atoms with van der Waals surface area (Å²) in [5.74, 6) is 0.626. The van der Waals surface area contributed by atoms with E-state index in [9.17, 15) is 9.59 Å². The number of aryl methyl sites for hydroxylation is 1. The molecule has 0 saturated heterocycles. The summed E-state index contributed by atoms with van der Waals surface area (Å²) in [4.78, 5) is 28.6. The van der Waals surface area contributed by atoms with Gasteiger partial charge in [-0.3, -0.25) is 9.36 Å². The van der Waals surface area contributed by atoms with Gasteiger partial charge in [0.25, 0.3) is 5.56 Å². The number of carbonyl (C=O) groups is 1. The Bertz CT molecular complexity index is 795. The van der Waals surface area contributed by atoms with Crippen molar-refractivity contribution in [3.05, 3.63) is 45.9 Å². The number of nitrogens with zero attached hydrogens (tertiary/aromatic N) is 2. The van der Waals surface area contributed by atoms with Crippen LogP contribution in [-0.4, -0.2) is 29.2 Å². The van der Waals surface area contributed by atoms with Crippen LogP contribution in [0, 0.1) is 0 Å². The molecule has 0 radical (unpaired) electrons. The molecule has 1 aliphatic rings. The zero-order valence-electron chi connectivity index (χ0n) is 12.5. The zero-order valence-corrected chi connectivity index (χ0v) is 12.5. The molecule has 1 aliphatic heterocycles. The molecule has 1 aromatic heterocycles. The van der Waals surface area contributed by atoms with Gasteiger partial charge in [-0.1, -0.05) is 6.07 Å². The third kappa shape index (κ3) is 2.26. The van der Waals surface area contributed by atoms with Gasteiger partial charge in [0.15, 0.2) is 0 Å². The van der Waals surface area contributed by atoms with Gasteiger partial charge in [-0.2, -0.15) is 0 Å². The highest BCUT2D eigenvalue weighted by atomic mass is 16.5. The van der Waals surface area contributed by atoms with E-state index in [2.05, 4.69) is 4.98 Å². The normalized spacial score (nSPS) is 12.3. The van der Waals surface area contributed by atoms with Crippen LogP contribution >= 0.6 is 0 Å². The number of aromatic nitrogens is 2. The van der Waals surface area contributed by atoms with Crippen molar-refractivity contribution in [3.63, 3.8) is 0 Å². The molecule has 0 N–H and O–H groups in total. The van der Waals surface area contributed by atoms with Crippen molar-refractivity contribution in [2.24, 2.45) is 0 Å². The first-order valence-electron chi connectivity index (χ1n) is 7.10. The van der Waals surface area contributed by atoms with Crippen LogP contribution in [0.2, 0.25) is 0 Å². The van der Waals surface area contributed by atoms with Crippen LogP contribution in [0.25, 0.3) is 11.4 Å². The summed E-state index contributed by atoms with van der Waals surface area (Å²) in [6.07, 6.45) is 2.00. The van der Waals surface area contributed by atoms with Gasteiger partial charge in [-0.05, 0) is 31.0 Å². The van der Waals surface area contributed by atoms with Gasteiger partial charge in [0.1, 0.15) is 17.1 Å². The number of ether oxygens (including phenoxy) is 2. The minimum Gasteiger partial charge on any atom is -0.497 e. The number of fused-ring (bicyclic) bond motifs is 3. The molecule has 0 fully saturated rings. The standard InChI is InChI=1S/C16H16N2O4/c1-3-22-16(20)13-9-17-14-12-8-11(21-2)5-4-10(12)6-7-18(14)15(13)19/h4-5,8-9H,3,6-7H2,1-2H3. The van der Waals surface area contributed by atoms with Crippen LogP contribution in [-0.2, 0) is 17.7 Å². The number of hydrogen-bond acceptors (Lipinski definition) is 5. The van der Waals surface area contributed by atoms with Crippen LogP contribution in [0.5, 0.6) is 5.75 Å². The number of hydrogen-bond donors (Lipinski definition) is 0. The number of methoxy groups -OCH3 is 1. The minimum absolute atomic E-state index is 0.0306. The molecule has 0 unspecified atom stereocenters. The summed E-state index contributed by atoms with van der Waals surface area (Å²) < 4.78 is 11.6. The second-order valence-electron chi connectivity index (χ2n) is 4.95. The third-order valence-corrected chi connectivity index (χ3v) is 3.71. The predicted molar refractivity (Wildman–Crippen MR) is 80.1 cm³/mol. The summed E-state index contributed by atoms with van der Waals surface area (Å²) in [5, 5.41) is 0. The molecule has 0 bridgehead atoms. The van der Waals surface area contributed by atoms with E-state index in [-0.39, 0.29) is 17.7 Å². The van der Waals surface area contributed by atoms with E-state index in [1.165, 1.54) is 10.8 Å². The maximum atomic E-state index is 12.5. The van der Waals surface area contributed by atoms with E-state index in [0.717, 1.165) is 11.1 Å². The lowest BCUT2D eigenvalue weighted by Gasteiger charge is -2.21. The molecule has 114 valence electrons. The second-order valence-corrected chi connectivity index (χ2v) is 4.95. The van der Waals surface area contributed by atoms with Crippen molar-refractivity contribution in [1.82, 2.24) is 9.55 Å². The quantitative estimate of drug-likeness (QED) is 0.806. The van der Waals surface area contributed by atoms with Crippen molar-refractivity contribution >= 4 is 5.97 Å². The van der Waals surface area contributed by atoms with E-state index in [4.69, 9.17) is 9.47 Å². The molecule has 0 amide bonds. The molecular formula is C16H16N2O4. The molecule has 22 heavy (non-hydrogen) atoms. The fourth-order valence-electron chi connectivity index (χ4n) is 2.60. The SMILES string of the molecule is CCOC(=O)c1cnc2n(c1=O)CCc1ccc(OC)cc1-2. The largest absolute Gasteiger partial charge is 0.497 e. The first-order chi connectivity index (χ1) is 10.7. The van der Waals surface area contributed by atoms with Gasteiger partial charge < -0.3 is 9.47 Å². The summed E-state index contributed by atoms with van der Waals surface area (Å²) >= 11 is 0. The summed E-state index contributed by atoms with van der Waals surface area (Å²) in [6.45, 7) is 2.41. The van der Waals surface area contributed by atoms with Crippen LogP contribution in [0.15, 0.2) is 29.2 Å². The zero-order chi connectivity index (χ0) is 15.7. The molecule has 2 aromatic rings. The molecule has 3 rings (SSSR count). The molecule has 0 saturated carbocycles. The molecule has 2 heterocycles. The number of esters is 1. The smallest absolute Gasteiger partial charge is 0.345 e. The molecule has 0 aliphatic carbocycles. The van der Waals surface area contributed by atoms with Crippen LogP contribution in [0.4, 0.5) is 0 Å². The number of carbonyl (C=O) groups excluding carboxylic acids is 1. The average molecular weight is 300 g/mol. The first-order valence-corrected chi connectivity index (χ1v) is 7.10. The third-order valence-electron chi connectivity index (χ3n) is 3.71. The van der Waals surface area contributed by atoms with Crippen molar-refractivity contribution in [2.45, 2.75) is 19.9 Å². The Labute approximate surface area is 127 Å². The fourth-order valence-corrected chi connectivity index (χ4v) is 2.60. The van der Waals surface area contributed by atoms with Gasteiger partial charge in [-0.25, -0.2) is 9.78 Å². The van der Waals surface area contributed by atoms with Crippen LogP contribution < -0.4 is 10.3 Å². The van der Waals surface area contributed by atoms with Gasteiger partial charge >= 0.3 is 5.97 Å². The maximum absolute atomic E-state index is 12.5. The van der Waals surface area contributed by atoms with E-state index in [1.807, 2.05) is 18.2 Å². The van der Waals surface area contributed by atoms with E-state index in [0.29, 0.717) is 24.5 Å². The Morgan fingerprint density at radius 2 is 2.23 bits per heavy atom. The highest BCUT2D eigenvalue weighted by Crippen LogP contribution is 2.30. The van der Waals surface area contributed by atoms with Gasteiger partial charge in [-0.15, -0.1) is 0 Å². The van der Waals surface area contributed by atoms with E-state index >= 15 is 0 Å². The Kier molecular flexibility index (Phi) is 3.66. The minimum atomic E-state index is -0.633. The van der Waals surface area contributed by atoms with Crippen LogP contribution in [0.3, 0.4) is 0 Å². The Balaban J connectivity index is 2.13. The first kappa shape index (κ1) is 14.3. The molecule has 0 spiro atoms. The topological polar surface area (TPSA) is 70.4 Å². The molecular weight excluding hydrogens is 284 g/mol. The number of rotatable bonds is 3. The van der Waals surface area contributed by atoms with E-state index < -0.39 is 5.97 Å². The molecule has 6 heteroatoms. The Hall–Kier alpha value is -2.63. The lowest BCUT2D eigenvalue weighted by atomic mass is 10.00. The Morgan fingerprint density at radius 3 is 2.95 bits per heavy atom. The van der Waals surface area contributed by atoms with Gasteiger partial charge in [0.05, 0.1) is 13.7 Å². The summed E-state index contributed by atoms with van der Waals surface area (Å²) in [7, 11) is 1.59. The number of benzene rings is 1. The summed E-state index contributed by atoms with van der Waals surface area (Å²) in [6, 6.07) is 5.72. The van der Waals surface area contributed by atoms with E-state index in [1.54, 1.807) is 14.0 Å². The highest BCUT2D eigenvalue weighted by molar-refractivity contribution is 5.88. The predicted octanol–water partition coefficient (Wildman–Crippen LogP) is 1.65.